The molecule has 0 spiro atoms. The molecule has 0 N–H and O–H groups in total. The lowest BCUT2D eigenvalue weighted by atomic mass is 10.0. The zero-order chi connectivity index (χ0) is 14.7. The van der Waals surface area contributed by atoms with Gasteiger partial charge in [0.15, 0.2) is 0 Å². The molecule has 0 heterocycles. The van der Waals surface area contributed by atoms with Crippen molar-refractivity contribution in [3.05, 3.63) is 77.9 Å². The molecule has 0 aliphatic rings. The number of carbonyl (C=O) groups is 2. The van der Waals surface area contributed by atoms with Crippen molar-refractivity contribution in [1.82, 2.24) is 0 Å². The average molecular weight is 276 g/mol. The quantitative estimate of drug-likeness (QED) is 0.414. The molecular weight excluding hydrogens is 264 g/mol. The Morgan fingerprint density at radius 1 is 0.857 bits per heavy atom. The van der Waals surface area contributed by atoms with E-state index in [-0.39, 0.29) is 0 Å². The van der Waals surface area contributed by atoms with E-state index in [9.17, 15) is 9.59 Å². The highest BCUT2D eigenvalue weighted by atomic mass is 16.5. The number of rotatable bonds is 3. The Morgan fingerprint density at radius 3 is 2.33 bits per heavy atom. The largest absolute Gasteiger partial charge is 0.423 e. The number of ether oxygens (including phenoxy) is 1. The third kappa shape index (κ3) is 2.67. The maximum absolute atomic E-state index is 12.3. The van der Waals surface area contributed by atoms with E-state index in [0.717, 1.165) is 17.1 Å². The first kappa shape index (κ1) is 13.1. The van der Waals surface area contributed by atoms with Gasteiger partial charge in [-0.2, -0.15) is 0 Å². The summed E-state index contributed by atoms with van der Waals surface area (Å²) in [6.45, 7) is 0. The van der Waals surface area contributed by atoms with Gasteiger partial charge in [0.1, 0.15) is 12.0 Å². The van der Waals surface area contributed by atoms with Crippen LogP contribution in [0.3, 0.4) is 0 Å². The molecule has 0 aromatic heterocycles. The molecule has 0 saturated heterocycles. The lowest BCUT2D eigenvalue weighted by Crippen LogP contribution is -2.09. The molecule has 3 aromatic rings. The van der Waals surface area contributed by atoms with Crippen LogP contribution in [-0.2, 0) is 0 Å². The molecule has 3 rings (SSSR count). The summed E-state index contributed by atoms with van der Waals surface area (Å²) in [5.41, 5.74) is 1.06. The van der Waals surface area contributed by atoms with Crippen molar-refractivity contribution < 1.29 is 14.3 Å². The van der Waals surface area contributed by atoms with E-state index in [1.807, 2.05) is 36.4 Å². The van der Waals surface area contributed by atoms with Crippen LogP contribution in [0.4, 0.5) is 0 Å². The fraction of sp³-hybridized carbons (Fsp3) is 0. The molecule has 0 atom stereocenters. The fourth-order valence-electron chi connectivity index (χ4n) is 2.18. The normalized spacial score (nSPS) is 10.3. The average Bonchev–Trinajstić information content (AvgIpc) is 2.55. The van der Waals surface area contributed by atoms with Crippen molar-refractivity contribution in [2.45, 2.75) is 0 Å². The highest BCUT2D eigenvalue weighted by molar-refractivity contribution is 6.05. The van der Waals surface area contributed by atoms with Gasteiger partial charge in [0.05, 0.1) is 5.56 Å². The first-order valence-corrected chi connectivity index (χ1v) is 6.53. The fourth-order valence-corrected chi connectivity index (χ4v) is 2.18. The minimum absolute atomic E-state index is 0.411. The lowest BCUT2D eigenvalue weighted by Gasteiger charge is -2.07. The monoisotopic (exact) mass is 276 g/mol. The number of aldehydes is 1. The second-order valence-corrected chi connectivity index (χ2v) is 4.60. The molecule has 3 heteroatoms. The minimum atomic E-state index is -0.411. The van der Waals surface area contributed by atoms with Gasteiger partial charge < -0.3 is 4.74 Å². The summed E-state index contributed by atoms with van der Waals surface area (Å²) < 4.78 is 5.35. The Kier molecular flexibility index (Phi) is 3.48. The van der Waals surface area contributed by atoms with E-state index in [4.69, 9.17) is 4.74 Å². The topological polar surface area (TPSA) is 43.4 Å². The van der Waals surface area contributed by atoms with Gasteiger partial charge in [-0.05, 0) is 41.1 Å². The number of benzene rings is 3. The number of hydrogen-bond donors (Lipinski definition) is 0. The molecule has 0 aliphatic heterocycles. The lowest BCUT2D eigenvalue weighted by molar-refractivity contribution is 0.0737. The van der Waals surface area contributed by atoms with Gasteiger partial charge in [0.2, 0.25) is 0 Å². The van der Waals surface area contributed by atoms with E-state index in [1.54, 1.807) is 30.3 Å². The second kappa shape index (κ2) is 5.59. The van der Waals surface area contributed by atoms with Crippen LogP contribution in [-0.4, -0.2) is 12.3 Å². The molecule has 0 fully saturated rings. The van der Waals surface area contributed by atoms with Gasteiger partial charge in [-0.25, -0.2) is 4.79 Å². The van der Waals surface area contributed by atoms with E-state index < -0.39 is 5.97 Å². The molecule has 0 bridgehead atoms. The maximum Gasteiger partial charge on any atom is 0.344 e. The summed E-state index contributed by atoms with van der Waals surface area (Å²) in [6, 6.07) is 19.6. The minimum Gasteiger partial charge on any atom is -0.423 e. The van der Waals surface area contributed by atoms with Crippen molar-refractivity contribution in [1.29, 1.82) is 0 Å². The van der Waals surface area contributed by atoms with Crippen molar-refractivity contribution in [2.24, 2.45) is 0 Å². The van der Waals surface area contributed by atoms with Gasteiger partial charge in [0.25, 0.3) is 0 Å². The Labute approximate surface area is 121 Å². The maximum atomic E-state index is 12.3. The third-order valence-corrected chi connectivity index (χ3v) is 3.24. The highest BCUT2D eigenvalue weighted by Gasteiger charge is 2.12. The molecule has 21 heavy (non-hydrogen) atoms. The second-order valence-electron chi connectivity index (χ2n) is 4.60. The molecule has 0 saturated carbocycles. The summed E-state index contributed by atoms with van der Waals surface area (Å²) in [7, 11) is 0. The summed E-state index contributed by atoms with van der Waals surface area (Å²) >= 11 is 0. The standard InChI is InChI=1S/C18H12O3/c19-12-13-8-10-15(11-9-13)21-18(20)17-7-3-5-14-4-1-2-6-16(14)17/h1-12H. The van der Waals surface area contributed by atoms with Crippen LogP contribution in [0, 0.1) is 0 Å². The van der Waals surface area contributed by atoms with Crippen LogP contribution in [0.15, 0.2) is 66.7 Å². The van der Waals surface area contributed by atoms with Gasteiger partial charge in [-0.15, -0.1) is 0 Å². The van der Waals surface area contributed by atoms with Crippen LogP contribution in [0.1, 0.15) is 20.7 Å². The van der Waals surface area contributed by atoms with E-state index in [1.165, 1.54) is 0 Å². The predicted octanol–water partition coefficient (Wildman–Crippen LogP) is 3.87. The van der Waals surface area contributed by atoms with Crippen LogP contribution in [0.25, 0.3) is 10.8 Å². The van der Waals surface area contributed by atoms with Crippen LogP contribution >= 0.6 is 0 Å². The van der Waals surface area contributed by atoms with Gasteiger partial charge in [-0.3, -0.25) is 4.79 Å². The Morgan fingerprint density at radius 2 is 1.57 bits per heavy atom. The SMILES string of the molecule is O=Cc1ccc(OC(=O)c2cccc3ccccc23)cc1. The third-order valence-electron chi connectivity index (χ3n) is 3.24. The Hall–Kier alpha value is -2.94. The highest BCUT2D eigenvalue weighted by Crippen LogP contribution is 2.20. The smallest absolute Gasteiger partial charge is 0.344 e. The van der Waals surface area contributed by atoms with E-state index >= 15 is 0 Å². The van der Waals surface area contributed by atoms with E-state index in [0.29, 0.717) is 16.9 Å². The summed E-state index contributed by atoms with van der Waals surface area (Å²) in [6.07, 6.45) is 0.746. The van der Waals surface area contributed by atoms with Crippen LogP contribution in [0.2, 0.25) is 0 Å². The molecule has 0 aliphatic carbocycles. The summed E-state index contributed by atoms with van der Waals surface area (Å²) in [4.78, 5) is 22.9. The Balaban J connectivity index is 1.91. The summed E-state index contributed by atoms with van der Waals surface area (Å²) in [5, 5.41) is 1.85. The molecule has 102 valence electrons. The van der Waals surface area contributed by atoms with Crippen LogP contribution in [0.5, 0.6) is 5.75 Å². The molecule has 0 radical (unpaired) electrons. The molecule has 3 aromatic carbocycles. The predicted molar refractivity (Wildman–Crippen MR) is 80.7 cm³/mol. The van der Waals surface area contributed by atoms with Gasteiger partial charge >= 0.3 is 5.97 Å². The molecular formula is C18H12O3. The molecule has 0 unspecified atom stereocenters. The van der Waals surface area contributed by atoms with Crippen molar-refractivity contribution >= 4 is 23.0 Å². The van der Waals surface area contributed by atoms with Crippen molar-refractivity contribution in [3.63, 3.8) is 0 Å². The van der Waals surface area contributed by atoms with Crippen molar-refractivity contribution in [3.8, 4) is 5.75 Å². The number of fused-ring (bicyclic) bond motifs is 1. The number of carbonyl (C=O) groups excluding carboxylic acids is 2. The van der Waals surface area contributed by atoms with Crippen LogP contribution < -0.4 is 4.74 Å². The van der Waals surface area contributed by atoms with E-state index in [2.05, 4.69) is 0 Å². The Bertz CT molecular complexity index is 799. The molecule has 3 nitrogen and oxygen atoms in total. The van der Waals surface area contributed by atoms with Gasteiger partial charge in [-0.1, -0.05) is 36.4 Å². The number of esters is 1. The first-order chi connectivity index (χ1) is 10.3. The number of hydrogen-bond acceptors (Lipinski definition) is 3. The van der Waals surface area contributed by atoms with Crippen molar-refractivity contribution in [2.75, 3.05) is 0 Å². The molecule has 0 amide bonds. The van der Waals surface area contributed by atoms with Gasteiger partial charge in [0, 0.05) is 5.56 Å². The zero-order valence-corrected chi connectivity index (χ0v) is 11.2. The first-order valence-electron chi connectivity index (χ1n) is 6.53. The zero-order valence-electron chi connectivity index (χ0n) is 11.2. The summed E-state index contributed by atoms with van der Waals surface area (Å²) in [5.74, 6) is 0.00388.